The van der Waals surface area contributed by atoms with Crippen LogP contribution in [0.3, 0.4) is 0 Å². The van der Waals surface area contributed by atoms with Crippen molar-refractivity contribution in [2.24, 2.45) is 5.73 Å². The van der Waals surface area contributed by atoms with Crippen molar-refractivity contribution in [1.29, 1.82) is 0 Å². The number of benzene rings is 1. The van der Waals surface area contributed by atoms with E-state index in [4.69, 9.17) is 10.5 Å². The summed E-state index contributed by atoms with van der Waals surface area (Å²) in [4.78, 5) is 8.04. The minimum atomic E-state index is 0.506. The van der Waals surface area contributed by atoms with Gasteiger partial charge >= 0.3 is 0 Å². The number of ether oxygens (including phenoxy) is 1. The molecule has 0 atom stereocenters. The van der Waals surface area contributed by atoms with Gasteiger partial charge in [0.15, 0.2) is 0 Å². The zero-order chi connectivity index (χ0) is 13.3. The molecule has 0 bridgehead atoms. The second kappa shape index (κ2) is 7.76. The number of rotatable bonds is 7. The van der Waals surface area contributed by atoms with Crippen molar-refractivity contribution < 1.29 is 4.74 Å². The van der Waals surface area contributed by atoms with Gasteiger partial charge in [-0.05, 0) is 18.6 Å². The largest absolute Gasteiger partial charge is 0.493 e. The Morgan fingerprint density at radius 2 is 2.11 bits per heavy atom. The van der Waals surface area contributed by atoms with Crippen molar-refractivity contribution in [3.8, 4) is 5.75 Å². The van der Waals surface area contributed by atoms with Crippen molar-refractivity contribution in [1.82, 2.24) is 9.97 Å². The van der Waals surface area contributed by atoms with E-state index in [0.29, 0.717) is 13.2 Å². The van der Waals surface area contributed by atoms with E-state index in [0.717, 1.165) is 28.5 Å². The van der Waals surface area contributed by atoms with Gasteiger partial charge in [-0.15, -0.1) is 11.8 Å². The lowest BCUT2D eigenvalue weighted by atomic mass is 10.2. The van der Waals surface area contributed by atoms with Crippen molar-refractivity contribution in [3.63, 3.8) is 0 Å². The van der Waals surface area contributed by atoms with Crippen LogP contribution in [-0.2, 0) is 6.54 Å². The van der Waals surface area contributed by atoms with Crippen LogP contribution in [0, 0.1) is 0 Å². The molecule has 0 aliphatic heterocycles. The molecule has 2 aromatic rings. The van der Waals surface area contributed by atoms with Gasteiger partial charge in [-0.3, -0.25) is 0 Å². The van der Waals surface area contributed by atoms with E-state index in [1.165, 1.54) is 0 Å². The van der Waals surface area contributed by atoms with Gasteiger partial charge in [0.25, 0.3) is 0 Å². The molecule has 2 N–H and O–H groups in total. The first-order valence-corrected chi connectivity index (χ1v) is 7.18. The number of nitrogens with two attached hydrogens (primary N) is 1. The molecule has 0 fully saturated rings. The van der Waals surface area contributed by atoms with E-state index in [2.05, 4.69) is 9.97 Å². The lowest BCUT2D eigenvalue weighted by Gasteiger charge is -2.09. The fourth-order valence-corrected chi connectivity index (χ4v) is 2.35. The van der Waals surface area contributed by atoms with E-state index in [9.17, 15) is 0 Å². The molecule has 0 spiro atoms. The van der Waals surface area contributed by atoms with Gasteiger partial charge in [-0.2, -0.15) is 0 Å². The number of nitrogens with zero attached hydrogens (tertiary/aromatic N) is 2. The maximum absolute atomic E-state index is 5.74. The fourth-order valence-electron chi connectivity index (χ4n) is 1.60. The van der Waals surface area contributed by atoms with Gasteiger partial charge < -0.3 is 10.5 Å². The highest BCUT2D eigenvalue weighted by Gasteiger charge is 2.00. The summed E-state index contributed by atoms with van der Waals surface area (Å²) < 4.78 is 5.74. The zero-order valence-corrected chi connectivity index (χ0v) is 11.5. The number of para-hydroxylation sites is 1. The molecule has 2 rings (SSSR count). The van der Waals surface area contributed by atoms with E-state index < -0.39 is 0 Å². The molecule has 100 valence electrons. The Bertz CT molecular complexity index is 493. The maximum atomic E-state index is 5.74. The monoisotopic (exact) mass is 275 g/mol. The van der Waals surface area contributed by atoms with Crippen LogP contribution in [0.2, 0.25) is 0 Å². The Morgan fingerprint density at radius 1 is 1.21 bits per heavy atom. The van der Waals surface area contributed by atoms with Crippen molar-refractivity contribution in [2.75, 3.05) is 12.4 Å². The summed E-state index contributed by atoms with van der Waals surface area (Å²) in [5.74, 6) is 1.86. The standard InChI is InChI=1S/C14H17N3OS/c15-10-12-4-1-2-5-13(12)18-8-3-9-19-14-6-7-16-11-17-14/h1-2,4-7,11H,3,8-10,15H2. The Kier molecular flexibility index (Phi) is 5.65. The van der Waals surface area contributed by atoms with Gasteiger partial charge in [0.2, 0.25) is 0 Å². The van der Waals surface area contributed by atoms with E-state index in [1.54, 1.807) is 24.3 Å². The quantitative estimate of drug-likeness (QED) is 0.478. The lowest BCUT2D eigenvalue weighted by Crippen LogP contribution is -2.04. The second-order valence-corrected chi connectivity index (χ2v) is 5.03. The minimum absolute atomic E-state index is 0.506. The van der Waals surface area contributed by atoms with Crippen LogP contribution >= 0.6 is 11.8 Å². The highest BCUT2D eigenvalue weighted by atomic mass is 32.2. The van der Waals surface area contributed by atoms with Crippen molar-refractivity contribution in [3.05, 3.63) is 48.4 Å². The highest BCUT2D eigenvalue weighted by Crippen LogP contribution is 2.18. The molecule has 1 aromatic heterocycles. The molecule has 0 saturated heterocycles. The molecule has 0 aliphatic carbocycles. The summed E-state index contributed by atoms with van der Waals surface area (Å²) >= 11 is 1.71. The topological polar surface area (TPSA) is 61.0 Å². The average Bonchev–Trinajstić information content (AvgIpc) is 2.48. The molecule has 0 amide bonds. The van der Waals surface area contributed by atoms with Gasteiger partial charge in [-0.25, -0.2) is 9.97 Å². The van der Waals surface area contributed by atoms with Crippen LogP contribution in [0.25, 0.3) is 0 Å². The minimum Gasteiger partial charge on any atom is -0.493 e. The molecular weight excluding hydrogens is 258 g/mol. The van der Waals surface area contributed by atoms with Crippen LogP contribution in [-0.4, -0.2) is 22.3 Å². The summed E-state index contributed by atoms with van der Waals surface area (Å²) in [6.45, 7) is 1.20. The SMILES string of the molecule is NCc1ccccc1OCCCSc1ccncn1. The normalized spacial score (nSPS) is 10.4. The smallest absolute Gasteiger partial charge is 0.123 e. The van der Waals surface area contributed by atoms with Crippen LogP contribution in [0.15, 0.2) is 47.9 Å². The number of aromatic nitrogens is 2. The van der Waals surface area contributed by atoms with Crippen molar-refractivity contribution in [2.45, 2.75) is 18.0 Å². The predicted molar refractivity (Wildman–Crippen MR) is 77.2 cm³/mol. The maximum Gasteiger partial charge on any atom is 0.123 e. The summed E-state index contributed by atoms with van der Waals surface area (Å²) in [6, 6.07) is 9.80. The Labute approximate surface area is 117 Å². The van der Waals surface area contributed by atoms with Crippen LogP contribution in [0.4, 0.5) is 0 Å². The van der Waals surface area contributed by atoms with Gasteiger partial charge in [0.05, 0.1) is 11.6 Å². The van der Waals surface area contributed by atoms with Crippen molar-refractivity contribution >= 4 is 11.8 Å². The lowest BCUT2D eigenvalue weighted by molar-refractivity contribution is 0.315. The van der Waals surface area contributed by atoms with Crippen LogP contribution in [0.5, 0.6) is 5.75 Å². The molecule has 0 aliphatic rings. The molecule has 0 saturated carbocycles. The Hall–Kier alpha value is -1.59. The third-order valence-electron chi connectivity index (χ3n) is 2.54. The number of thioether (sulfide) groups is 1. The first-order chi connectivity index (χ1) is 9.40. The van der Waals surface area contributed by atoms with Crippen LogP contribution in [0.1, 0.15) is 12.0 Å². The fraction of sp³-hybridized carbons (Fsp3) is 0.286. The molecule has 5 heteroatoms. The van der Waals surface area contributed by atoms with E-state index in [-0.39, 0.29) is 0 Å². The average molecular weight is 275 g/mol. The molecule has 4 nitrogen and oxygen atoms in total. The zero-order valence-electron chi connectivity index (χ0n) is 10.7. The first-order valence-electron chi connectivity index (χ1n) is 6.19. The second-order valence-electron chi connectivity index (χ2n) is 3.91. The molecule has 1 aromatic carbocycles. The van der Waals surface area contributed by atoms with Gasteiger partial charge in [-0.1, -0.05) is 18.2 Å². The summed E-state index contributed by atoms with van der Waals surface area (Å²) in [7, 11) is 0. The first kappa shape index (κ1) is 13.8. The molecule has 19 heavy (non-hydrogen) atoms. The van der Waals surface area contributed by atoms with Gasteiger partial charge in [0.1, 0.15) is 12.1 Å². The number of hydrogen-bond acceptors (Lipinski definition) is 5. The van der Waals surface area contributed by atoms with E-state index >= 15 is 0 Å². The molecule has 1 heterocycles. The predicted octanol–water partition coefficient (Wildman–Crippen LogP) is 2.50. The summed E-state index contributed by atoms with van der Waals surface area (Å²) in [5, 5.41) is 0.998. The van der Waals surface area contributed by atoms with Gasteiger partial charge in [0, 0.05) is 24.1 Å². The Balaban J connectivity index is 1.69. The summed E-state index contributed by atoms with van der Waals surface area (Å²) in [5.41, 5.74) is 6.71. The van der Waals surface area contributed by atoms with E-state index in [1.807, 2.05) is 30.3 Å². The highest BCUT2D eigenvalue weighted by molar-refractivity contribution is 7.99. The third-order valence-corrected chi connectivity index (χ3v) is 3.57. The molecule has 0 unspecified atom stereocenters. The molecule has 0 radical (unpaired) electrons. The number of hydrogen-bond donors (Lipinski definition) is 1. The Morgan fingerprint density at radius 3 is 2.89 bits per heavy atom. The summed E-state index contributed by atoms with van der Waals surface area (Å²) in [6.07, 6.45) is 4.28. The third kappa shape index (κ3) is 4.54. The van der Waals surface area contributed by atoms with Crippen LogP contribution < -0.4 is 10.5 Å². The molecular formula is C14H17N3OS.